The molecule has 1 saturated heterocycles. The van der Waals surface area contributed by atoms with Gasteiger partial charge in [-0.3, -0.25) is 9.69 Å². The highest BCUT2D eigenvalue weighted by molar-refractivity contribution is 5.73. The van der Waals surface area contributed by atoms with Crippen molar-refractivity contribution in [1.29, 1.82) is 0 Å². The van der Waals surface area contributed by atoms with E-state index in [0.717, 1.165) is 0 Å². The van der Waals surface area contributed by atoms with E-state index in [9.17, 15) is 9.90 Å². The number of ether oxygens (including phenoxy) is 1. The van der Waals surface area contributed by atoms with Crippen LogP contribution in [0.4, 0.5) is 0 Å². The summed E-state index contributed by atoms with van der Waals surface area (Å²) in [6.45, 7) is 3.43. The second-order valence-electron chi connectivity index (χ2n) is 6.49. The first-order valence-corrected chi connectivity index (χ1v) is 8.27. The van der Waals surface area contributed by atoms with Gasteiger partial charge in [-0.05, 0) is 18.1 Å². The highest BCUT2D eigenvalue weighted by Crippen LogP contribution is 2.29. The summed E-state index contributed by atoms with van der Waals surface area (Å²) in [6.07, 6.45) is 0.0498. The van der Waals surface area contributed by atoms with E-state index in [1.54, 1.807) is 0 Å². The topological polar surface area (TPSA) is 49.8 Å². The Labute approximate surface area is 142 Å². The van der Waals surface area contributed by atoms with E-state index < -0.39 is 5.60 Å². The Bertz CT molecular complexity index is 632. The van der Waals surface area contributed by atoms with Gasteiger partial charge in [-0.15, -0.1) is 0 Å². The lowest BCUT2D eigenvalue weighted by Gasteiger charge is -2.37. The zero-order valence-corrected chi connectivity index (χ0v) is 13.9. The molecule has 1 N–H and O–H groups in total. The van der Waals surface area contributed by atoms with E-state index in [1.165, 1.54) is 11.1 Å². The molecule has 1 heterocycles. The summed E-state index contributed by atoms with van der Waals surface area (Å²) < 4.78 is 5.02. The molecule has 24 heavy (non-hydrogen) atoms. The van der Waals surface area contributed by atoms with Gasteiger partial charge in [0.05, 0.1) is 6.42 Å². The maximum Gasteiger partial charge on any atom is 0.309 e. The van der Waals surface area contributed by atoms with Crippen LogP contribution in [0.1, 0.15) is 24.5 Å². The van der Waals surface area contributed by atoms with Gasteiger partial charge in [-0.2, -0.15) is 0 Å². The Morgan fingerprint density at radius 1 is 1.04 bits per heavy atom. The van der Waals surface area contributed by atoms with Crippen molar-refractivity contribution in [3.05, 3.63) is 71.8 Å². The molecule has 0 radical (unpaired) electrons. The van der Waals surface area contributed by atoms with Crippen molar-refractivity contribution in [2.45, 2.75) is 38.1 Å². The second kappa shape index (κ2) is 7.16. The van der Waals surface area contributed by atoms with Crippen LogP contribution in [-0.4, -0.2) is 34.2 Å². The third kappa shape index (κ3) is 3.83. The van der Waals surface area contributed by atoms with Crippen molar-refractivity contribution < 1.29 is 14.6 Å². The summed E-state index contributed by atoms with van der Waals surface area (Å²) >= 11 is 0. The molecule has 4 heteroatoms. The monoisotopic (exact) mass is 325 g/mol. The fourth-order valence-electron chi connectivity index (χ4n) is 3.13. The van der Waals surface area contributed by atoms with Crippen molar-refractivity contribution >= 4 is 5.97 Å². The maximum absolute atomic E-state index is 11.5. The molecule has 0 bridgehead atoms. The van der Waals surface area contributed by atoms with Crippen molar-refractivity contribution in [1.82, 2.24) is 4.90 Å². The number of cyclic esters (lactones) is 1. The van der Waals surface area contributed by atoms with Crippen LogP contribution in [0.2, 0.25) is 0 Å². The van der Waals surface area contributed by atoms with Crippen molar-refractivity contribution in [3.8, 4) is 0 Å². The lowest BCUT2D eigenvalue weighted by atomic mass is 9.92. The van der Waals surface area contributed by atoms with Crippen LogP contribution < -0.4 is 0 Å². The number of hydrogen-bond donors (Lipinski definition) is 1. The van der Waals surface area contributed by atoms with Crippen LogP contribution in [-0.2, 0) is 22.6 Å². The predicted molar refractivity (Wildman–Crippen MR) is 92.1 cm³/mol. The fourth-order valence-corrected chi connectivity index (χ4v) is 3.13. The molecule has 3 rings (SSSR count). The van der Waals surface area contributed by atoms with E-state index in [-0.39, 0.29) is 25.0 Å². The molecule has 2 aromatic carbocycles. The van der Waals surface area contributed by atoms with Gasteiger partial charge in [0.1, 0.15) is 12.2 Å². The quantitative estimate of drug-likeness (QED) is 0.830. The minimum absolute atomic E-state index is 0.0498. The minimum Gasteiger partial charge on any atom is -0.462 e. The molecule has 0 unspecified atom stereocenters. The average Bonchev–Trinajstić information content (AvgIpc) is 2.96. The summed E-state index contributed by atoms with van der Waals surface area (Å²) in [5.74, 6) is -0.330. The number of carbonyl (C=O) groups excluding carboxylic acids is 1. The Morgan fingerprint density at radius 2 is 1.54 bits per heavy atom. The number of benzene rings is 2. The largest absolute Gasteiger partial charge is 0.462 e. The molecule has 0 amide bonds. The molecule has 0 aromatic heterocycles. The van der Waals surface area contributed by atoms with Gasteiger partial charge < -0.3 is 9.84 Å². The minimum atomic E-state index is -1.14. The number of esters is 1. The highest BCUT2D eigenvalue weighted by Gasteiger charge is 2.45. The molecular weight excluding hydrogens is 302 g/mol. The number of nitrogens with zero attached hydrogens (tertiary/aromatic N) is 1. The molecule has 0 spiro atoms. The van der Waals surface area contributed by atoms with Crippen LogP contribution >= 0.6 is 0 Å². The SMILES string of the molecule is C[C@H](N(Cc1ccccc1)Cc1ccccc1)[C@@]1(O)COC(=O)C1. The molecular formula is C20H23NO3. The van der Waals surface area contributed by atoms with Crippen LogP contribution in [0.3, 0.4) is 0 Å². The van der Waals surface area contributed by atoms with Gasteiger partial charge in [0.15, 0.2) is 0 Å². The first kappa shape index (κ1) is 16.7. The van der Waals surface area contributed by atoms with Gasteiger partial charge >= 0.3 is 5.97 Å². The van der Waals surface area contributed by atoms with Gasteiger partial charge in [0.2, 0.25) is 0 Å². The molecule has 0 aliphatic carbocycles. The lowest BCUT2D eigenvalue weighted by molar-refractivity contribution is -0.137. The molecule has 1 aliphatic rings. The first-order chi connectivity index (χ1) is 11.6. The fraction of sp³-hybridized carbons (Fsp3) is 0.350. The number of rotatable bonds is 6. The predicted octanol–water partition coefficient (Wildman–Crippen LogP) is 2.76. The summed E-state index contributed by atoms with van der Waals surface area (Å²) in [6, 6.07) is 20.1. The van der Waals surface area contributed by atoms with E-state index in [4.69, 9.17) is 4.74 Å². The van der Waals surface area contributed by atoms with E-state index in [2.05, 4.69) is 29.2 Å². The van der Waals surface area contributed by atoms with Crippen molar-refractivity contribution in [3.63, 3.8) is 0 Å². The van der Waals surface area contributed by atoms with Crippen LogP contribution in [0, 0.1) is 0 Å². The first-order valence-electron chi connectivity index (χ1n) is 8.27. The zero-order chi connectivity index (χ0) is 17.0. The molecule has 126 valence electrons. The van der Waals surface area contributed by atoms with E-state index in [0.29, 0.717) is 13.1 Å². The van der Waals surface area contributed by atoms with Gasteiger partial charge in [0, 0.05) is 19.1 Å². The Balaban J connectivity index is 1.82. The van der Waals surface area contributed by atoms with E-state index in [1.807, 2.05) is 43.3 Å². The molecule has 0 saturated carbocycles. The number of aliphatic hydroxyl groups is 1. The number of hydrogen-bond acceptors (Lipinski definition) is 4. The van der Waals surface area contributed by atoms with Crippen molar-refractivity contribution in [2.75, 3.05) is 6.61 Å². The second-order valence-corrected chi connectivity index (χ2v) is 6.49. The Hall–Kier alpha value is -2.17. The van der Waals surface area contributed by atoms with Gasteiger partial charge in [0.25, 0.3) is 0 Å². The molecule has 4 nitrogen and oxygen atoms in total. The third-order valence-corrected chi connectivity index (χ3v) is 4.72. The normalized spacial score (nSPS) is 21.7. The molecule has 2 atom stereocenters. The standard InChI is InChI=1S/C20H23NO3/c1-16(20(23)12-19(22)24-15-20)21(13-17-8-4-2-5-9-17)14-18-10-6-3-7-11-18/h2-11,16,23H,12-15H2,1H3/t16-,20-/m0/s1. The van der Waals surface area contributed by atoms with E-state index >= 15 is 0 Å². The van der Waals surface area contributed by atoms with Crippen molar-refractivity contribution in [2.24, 2.45) is 0 Å². The van der Waals surface area contributed by atoms with Crippen LogP contribution in [0.15, 0.2) is 60.7 Å². The lowest BCUT2D eigenvalue weighted by Crippen LogP contribution is -2.51. The summed E-state index contributed by atoms with van der Waals surface area (Å²) in [7, 11) is 0. The number of carbonyl (C=O) groups is 1. The third-order valence-electron chi connectivity index (χ3n) is 4.72. The van der Waals surface area contributed by atoms with Gasteiger partial charge in [-0.25, -0.2) is 0 Å². The Morgan fingerprint density at radius 3 is 1.96 bits per heavy atom. The Kier molecular flexibility index (Phi) is 4.97. The molecule has 2 aromatic rings. The van der Waals surface area contributed by atoms with Gasteiger partial charge in [-0.1, -0.05) is 60.7 Å². The van der Waals surface area contributed by atoms with Crippen LogP contribution in [0.25, 0.3) is 0 Å². The summed E-state index contributed by atoms with van der Waals surface area (Å²) in [4.78, 5) is 13.7. The average molecular weight is 325 g/mol. The molecule has 1 aliphatic heterocycles. The smallest absolute Gasteiger partial charge is 0.309 e. The summed E-state index contributed by atoms with van der Waals surface area (Å²) in [5.41, 5.74) is 1.21. The van der Waals surface area contributed by atoms with Crippen LogP contribution in [0.5, 0.6) is 0 Å². The highest BCUT2D eigenvalue weighted by atomic mass is 16.6. The summed E-state index contributed by atoms with van der Waals surface area (Å²) in [5, 5.41) is 10.9. The maximum atomic E-state index is 11.5. The zero-order valence-electron chi connectivity index (χ0n) is 13.9. The molecule has 1 fully saturated rings.